The lowest BCUT2D eigenvalue weighted by molar-refractivity contribution is 0.0107. The van der Waals surface area contributed by atoms with Gasteiger partial charge in [0.25, 0.3) is 0 Å². The summed E-state index contributed by atoms with van der Waals surface area (Å²) in [6.45, 7) is 2.80. The molecule has 0 spiro atoms. The molecule has 0 saturated heterocycles. The third-order valence-electron chi connectivity index (χ3n) is 7.07. The van der Waals surface area contributed by atoms with Crippen LogP contribution < -0.4 is 10.6 Å². The first-order valence-electron chi connectivity index (χ1n) is 11.2. The fourth-order valence-electron chi connectivity index (χ4n) is 6.31. The van der Waals surface area contributed by atoms with Gasteiger partial charge in [-0.1, -0.05) is 0 Å². The predicted molar refractivity (Wildman–Crippen MR) is 116 cm³/mol. The van der Waals surface area contributed by atoms with Crippen LogP contribution in [0.2, 0.25) is 0 Å². The number of anilines is 2. The number of carbonyl (C=O) groups excluding carboxylic acids is 1. The summed E-state index contributed by atoms with van der Waals surface area (Å²) in [6, 6.07) is 5.82. The molecule has 4 fully saturated rings. The fourth-order valence-corrected chi connectivity index (χ4v) is 6.31. The minimum atomic E-state index is -0.287. The summed E-state index contributed by atoms with van der Waals surface area (Å²) in [6.07, 6.45) is 13.2. The zero-order valence-electron chi connectivity index (χ0n) is 17.6. The number of nitrogens with one attached hydrogen (secondary N) is 2. The molecular weight excluding hydrogens is 376 g/mol. The van der Waals surface area contributed by atoms with E-state index in [0.717, 1.165) is 34.7 Å². The van der Waals surface area contributed by atoms with Crippen molar-refractivity contribution in [3.63, 3.8) is 0 Å². The number of rotatable bonds is 7. The molecule has 2 aromatic rings. The summed E-state index contributed by atoms with van der Waals surface area (Å²) in [5, 5.41) is 7.44. The Balaban J connectivity index is 1.41. The molecule has 4 saturated carbocycles. The number of hydrogen-bond acceptors (Lipinski definition) is 6. The fraction of sp³-hybridized carbons (Fsp3) is 0.542. The minimum Gasteiger partial charge on any atom is -0.462 e. The number of benzene rings is 1. The van der Waals surface area contributed by atoms with Gasteiger partial charge < -0.3 is 15.4 Å². The number of ether oxygens (including phenoxy) is 1. The monoisotopic (exact) mass is 406 g/mol. The summed E-state index contributed by atoms with van der Waals surface area (Å²) >= 11 is 0. The average molecular weight is 407 g/mol. The predicted octanol–water partition coefficient (Wildman–Crippen LogP) is 4.65. The van der Waals surface area contributed by atoms with Crippen LogP contribution in [0.1, 0.15) is 61.4 Å². The molecule has 6 nitrogen and oxygen atoms in total. The van der Waals surface area contributed by atoms with E-state index in [1.165, 1.54) is 44.9 Å². The first-order chi connectivity index (χ1) is 14.6. The molecule has 0 atom stereocenters. The molecule has 6 rings (SSSR count). The summed E-state index contributed by atoms with van der Waals surface area (Å²) in [4.78, 5) is 20.5. The van der Waals surface area contributed by atoms with Crippen LogP contribution in [0, 0.1) is 17.8 Å². The Labute approximate surface area is 177 Å². The maximum absolute atomic E-state index is 12.3. The maximum atomic E-state index is 12.3. The number of carbonyl (C=O) groups is 1. The lowest BCUT2D eigenvalue weighted by atomic mass is 9.53. The Hall–Kier alpha value is -2.63. The molecule has 0 radical (unpaired) electrons. The van der Waals surface area contributed by atoms with E-state index in [9.17, 15) is 4.79 Å². The molecule has 4 bridgehead atoms. The van der Waals surface area contributed by atoms with E-state index >= 15 is 0 Å². The first kappa shape index (κ1) is 19.3. The molecular formula is C24H30N4O2. The lowest BCUT2D eigenvalue weighted by Crippen LogP contribution is -2.54. The summed E-state index contributed by atoms with van der Waals surface area (Å²) in [5.74, 6) is 2.34. The second kappa shape index (κ2) is 7.89. The van der Waals surface area contributed by atoms with Crippen molar-refractivity contribution >= 4 is 17.3 Å². The molecule has 2 N–H and O–H groups in total. The molecule has 158 valence electrons. The van der Waals surface area contributed by atoms with Gasteiger partial charge in [-0.3, -0.25) is 0 Å². The van der Waals surface area contributed by atoms with Gasteiger partial charge in [0.1, 0.15) is 6.33 Å². The minimum absolute atomic E-state index is 0.201. The zero-order valence-corrected chi connectivity index (χ0v) is 17.6. The summed E-state index contributed by atoms with van der Waals surface area (Å²) in [5.41, 5.74) is 3.77. The van der Waals surface area contributed by atoms with Crippen molar-refractivity contribution in [2.24, 2.45) is 17.8 Å². The van der Waals surface area contributed by atoms with Crippen molar-refractivity contribution in [1.82, 2.24) is 9.97 Å². The highest BCUT2D eigenvalue weighted by Gasteiger charge is 2.51. The van der Waals surface area contributed by atoms with Gasteiger partial charge in [0.15, 0.2) is 0 Å². The lowest BCUT2D eigenvalue weighted by Gasteiger charge is -2.57. The van der Waals surface area contributed by atoms with E-state index in [2.05, 4.69) is 20.6 Å². The van der Waals surface area contributed by atoms with Crippen LogP contribution >= 0.6 is 0 Å². The van der Waals surface area contributed by atoms with E-state index in [1.54, 1.807) is 12.4 Å². The number of esters is 1. The second-order valence-corrected chi connectivity index (χ2v) is 9.40. The molecule has 4 aliphatic carbocycles. The summed E-state index contributed by atoms with van der Waals surface area (Å²) in [7, 11) is 0. The molecule has 30 heavy (non-hydrogen) atoms. The quantitative estimate of drug-likeness (QED) is 0.652. The Morgan fingerprint density at radius 2 is 1.73 bits per heavy atom. The summed E-state index contributed by atoms with van der Waals surface area (Å²) < 4.78 is 5.21. The number of aromatic nitrogens is 2. The smallest absolute Gasteiger partial charge is 0.338 e. The first-order valence-corrected chi connectivity index (χ1v) is 11.2. The van der Waals surface area contributed by atoms with Crippen molar-refractivity contribution < 1.29 is 9.53 Å². The van der Waals surface area contributed by atoms with Gasteiger partial charge in [-0.2, -0.15) is 0 Å². The zero-order chi connectivity index (χ0) is 20.6. The molecule has 6 heteroatoms. The van der Waals surface area contributed by atoms with Gasteiger partial charge >= 0.3 is 5.97 Å². The highest BCUT2D eigenvalue weighted by molar-refractivity contribution is 5.92. The van der Waals surface area contributed by atoms with Gasteiger partial charge in [0.05, 0.1) is 23.5 Å². The molecule has 0 amide bonds. The van der Waals surface area contributed by atoms with E-state index in [-0.39, 0.29) is 11.5 Å². The molecule has 0 unspecified atom stereocenters. The van der Waals surface area contributed by atoms with Crippen LogP contribution in [-0.4, -0.2) is 28.1 Å². The van der Waals surface area contributed by atoms with Crippen LogP contribution in [0.25, 0.3) is 0 Å². The van der Waals surface area contributed by atoms with Gasteiger partial charge in [-0.25, -0.2) is 14.8 Å². The average Bonchev–Trinajstić information content (AvgIpc) is 2.72. The van der Waals surface area contributed by atoms with Crippen LogP contribution in [-0.2, 0) is 11.3 Å². The van der Waals surface area contributed by atoms with Crippen molar-refractivity contribution in [3.8, 4) is 0 Å². The standard InChI is InChI=1S/C24H30N4O2/c1-2-30-23(29)20-3-4-21(22(8-20)27-14-19-12-25-15-26-13-19)28-24-9-16-5-17(10-24)7-18(6-16)11-24/h3-4,8,12-13,15-18,27-28H,2,5-7,9-11,14H2,1H3. The van der Waals surface area contributed by atoms with Crippen molar-refractivity contribution in [3.05, 3.63) is 48.0 Å². The van der Waals surface area contributed by atoms with Crippen molar-refractivity contribution in [2.45, 2.75) is 57.5 Å². The van der Waals surface area contributed by atoms with Gasteiger partial charge in [0, 0.05) is 30.0 Å². The van der Waals surface area contributed by atoms with E-state index in [0.29, 0.717) is 18.7 Å². The van der Waals surface area contributed by atoms with Crippen LogP contribution in [0.3, 0.4) is 0 Å². The second-order valence-electron chi connectivity index (χ2n) is 9.40. The number of nitrogens with zero attached hydrogens (tertiary/aromatic N) is 2. The topological polar surface area (TPSA) is 76.1 Å². The van der Waals surface area contributed by atoms with Crippen molar-refractivity contribution in [1.29, 1.82) is 0 Å². The molecule has 4 aliphatic rings. The Morgan fingerprint density at radius 3 is 2.37 bits per heavy atom. The number of hydrogen-bond donors (Lipinski definition) is 2. The van der Waals surface area contributed by atoms with Gasteiger partial charge in [-0.05, 0) is 81.4 Å². The maximum Gasteiger partial charge on any atom is 0.338 e. The molecule has 1 heterocycles. The Bertz CT molecular complexity index is 879. The van der Waals surface area contributed by atoms with Crippen LogP contribution in [0.4, 0.5) is 11.4 Å². The Morgan fingerprint density at radius 1 is 1.07 bits per heavy atom. The third kappa shape index (κ3) is 3.87. The SMILES string of the molecule is CCOC(=O)c1ccc(NC23CC4CC(CC(C4)C2)C3)c(NCc2cncnc2)c1. The van der Waals surface area contributed by atoms with Crippen LogP contribution in [0.5, 0.6) is 0 Å². The van der Waals surface area contributed by atoms with Gasteiger partial charge in [0.2, 0.25) is 0 Å². The molecule has 0 aliphatic heterocycles. The van der Waals surface area contributed by atoms with Crippen LogP contribution in [0.15, 0.2) is 36.9 Å². The highest BCUT2D eigenvalue weighted by Crippen LogP contribution is 2.56. The van der Waals surface area contributed by atoms with E-state index in [4.69, 9.17) is 4.74 Å². The normalized spacial score (nSPS) is 28.9. The highest BCUT2D eigenvalue weighted by atomic mass is 16.5. The largest absolute Gasteiger partial charge is 0.462 e. The van der Waals surface area contributed by atoms with E-state index < -0.39 is 0 Å². The molecule has 1 aromatic heterocycles. The van der Waals surface area contributed by atoms with Gasteiger partial charge in [-0.15, -0.1) is 0 Å². The Kier molecular flexibility index (Phi) is 5.09. The third-order valence-corrected chi connectivity index (χ3v) is 7.07. The van der Waals surface area contributed by atoms with E-state index in [1.807, 2.05) is 25.1 Å². The molecule has 1 aromatic carbocycles. The van der Waals surface area contributed by atoms with Crippen molar-refractivity contribution in [2.75, 3.05) is 17.2 Å².